The Morgan fingerprint density at radius 1 is 1.27 bits per heavy atom. The van der Waals surface area contributed by atoms with Gasteiger partial charge in [0.05, 0.1) is 11.7 Å². The number of benzene rings is 1. The van der Waals surface area contributed by atoms with E-state index >= 15 is 0 Å². The number of piperidine rings is 1. The van der Waals surface area contributed by atoms with Crippen LogP contribution in [-0.4, -0.2) is 44.5 Å². The molecule has 3 heterocycles. The third-order valence-corrected chi connectivity index (χ3v) is 7.14. The van der Waals surface area contributed by atoms with Crippen molar-refractivity contribution in [3.05, 3.63) is 57.5 Å². The lowest BCUT2D eigenvalue weighted by molar-refractivity contribution is -0.115. The number of aromatic nitrogens is 3. The minimum absolute atomic E-state index is 0.179. The van der Waals surface area contributed by atoms with Crippen molar-refractivity contribution in [1.82, 2.24) is 19.9 Å². The molecule has 0 saturated carbocycles. The maximum absolute atomic E-state index is 12.6. The maximum atomic E-state index is 12.6. The number of hydrogen-bond donors (Lipinski definition) is 2. The molecule has 8 nitrogen and oxygen atoms in total. The van der Waals surface area contributed by atoms with E-state index in [2.05, 4.69) is 48.1 Å². The lowest BCUT2D eigenvalue weighted by Crippen LogP contribution is -2.35. The number of nitrogens with one attached hydrogen (secondary N) is 2. The Morgan fingerprint density at radius 2 is 2.03 bits per heavy atom. The van der Waals surface area contributed by atoms with Crippen molar-refractivity contribution in [1.29, 1.82) is 0 Å². The molecule has 10 heteroatoms. The Balaban J connectivity index is 1.64. The normalized spacial score (nSPS) is 14.7. The van der Waals surface area contributed by atoms with Gasteiger partial charge in [0.25, 0.3) is 5.56 Å². The highest BCUT2D eigenvalue weighted by molar-refractivity contribution is 14.1. The second kappa shape index (κ2) is 10.1. The van der Waals surface area contributed by atoms with E-state index in [4.69, 9.17) is 11.6 Å². The number of aryl methyl sites for hydroxylation is 1. The molecule has 1 amide bonds. The fourth-order valence-corrected chi connectivity index (χ4v) is 4.43. The topological polar surface area (TPSA) is 92.2 Å². The second-order valence-electron chi connectivity index (χ2n) is 7.84. The summed E-state index contributed by atoms with van der Waals surface area (Å²) in [6, 6.07) is 7.43. The van der Waals surface area contributed by atoms with Crippen LogP contribution in [0.1, 0.15) is 18.4 Å². The van der Waals surface area contributed by atoms with Gasteiger partial charge in [-0.3, -0.25) is 9.59 Å². The molecule has 1 aliphatic heterocycles. The van der Waals surface area contributed by atoms with Crippen LogP contribution >= 0.6 is 34.2 Å². The number of halogens is 2. The molecule has 0 atom stereocenters. The third-order valence-electron chi connectivity index (χ3n) is 5.61. The third kappa shape index (κ3) is 5.30. The Labute approximate surface area is 210 Å². The van der Waals surface area contributed by atoms with Crippen LogP contribution in [0.4, 0.5) is 17.5 Å². The largest absolute Gasteiger partial charge is 0.356 e. The van der Waals surface area contributed by atoms with E-state index in [9.17, 15) is 9.59 Å². The van der Waals surface area contributed by atoms with Gasteiger partial charge in [-0.05, 0) is 43.2 Å². The lowest BCUT2D eigenvalue weighted by Gasteiger charge is -2.29. The Morgan fingerprint density at radius 3 is 2.76 bits per heavy atom. The molecule has 1 aliphatic rings. The quantitative estimate of drug-likeness (QED) is 0.271. The molecule has 0 unspecified atom stereocenters. The Hall–Kier alpha value is -2.66. The zero-order chi connectivity index (χ0) is 23.5. The van der Waals surface area contributed by atoms with Gasteiger partial charge in [0.2, 0.25) is 11.9 Å². The van der Waals surface area contributed by atoms with Crippen molar-refractivity contribution in [2.45, 2.75) is 16.8 Å². The standard InChI is InChI=1S/C23H24ClIN6O2/c1-26-20(32)6-3-14-11-15-12-17(4-5-19(15)30(2)22(14)33)28-21-18(24)13-27-23(29-21)31-9-7-16(25)8-10-31/h3-6,11-13,16H,7-10H2,1-2H3,(H,26,32)(H,27,28,29)/b6-3+. The van der Waals surface area contributed by atoms with E-state index in [0.717, 1.165) is 42.5 Å². The van der Waals surface area contributed by atoms with Crippen molar-refractivity contribution in [2.75, 3.05) is 30.4 Å². The van der Waals surface area contributed by atoms with Crippen molar-refractivity contribution < 1.29 is 4.79 Å². The van der Waals surface area contributed by atoms with Gasteiger partial charge in [0.15, 0.2) is 5.82 Å². The number of carbonyl (C=O) groups excluding carboxylic acids is 1. The van der Waals surface area contributed by atoms with Crippen molar-refractivity contribution in [3.8, 4) is 0 Å². The summed E-state index contributed by atoms with van der Waals surface area (Å²) < 4.78 is 2.25. The van der Waals surface area contributed by atoms with E-state index in [1.807, 2.05) is 18.2 Å². The number of pyridine rings is 1. The average Bonchev–Trinajstić information content (AvgIpc) is 2.82. The number of carbonyl (C=O) groups is 1. The summed E-state index contributed by atoms with van der Waals surface area (Å²) in [5.74, 6) is 0.918. The molecule has 2 N–H and O–H groups in total. The van der Waals surface area contributed by atoms with Gasteiger partial charge in [-0.15, -0.1) is 0 Å². The first-order chi connectivity index (χ1) is 15.9. The first kappa shape index (κ1) is 23.5. The SMILES string of the molecule is CNC(=O)/C=C/c1cc2cc(Nc3nc(N4CCC(I)CC4)ncc3Cl)ccc2n(C)c1=O. The van der Waals surface area contributed by atoms with Gasteiger partial charge < -0.3 is 20.1 Å². The molecule has 1 saturated heterocycles. The molecule has 172 valence electrons. The van der Waals surface area contributed by atoms with Crippen LogP contribution in [0.3, 0.4) is 0 Å². The highest BCUT2D eigenvalue weighted by Crippen LogP contribution is 2.28. The number of fused-ring (bicyclic) bond motifs is 1. The van der Waals surface area contributed by atoms with Crippen LogP contribution in [-0.2, 0) is 11.8 Å². The molecule has 2 aromatic heterocycles. The summed E-state index contributed by atoms with van der Waals surface area (Å²) in [7, 11) is 3.25. The molecular weight excluding hydrogens is 555 g/mol. The van der Waals surface area contributed by atoms with Crippen LogP contribution in [0.25, 0.3) is 17.0 Å². The molecule has 1 aromatic carbocycles. The zero-order valence-electron chi connectivity index (χ0n) is 18.3. The van der Waals surface area contributed by atoms with Gasteiger partial charge in [0.1, 0.15) is 5.02 Å². The van der Waals surface area contributed by atoms with Gasteiger partial charge in [-0.2, -0.15) is 4.98 Å². The summed E-state index contributed by atoms with van der Waals surface area (Å²) >= 11 is 8.87. The lowest BCUT2D eigenvalue weighted by atomic mass is 10.1. The van der Waals surface area contributed by atoms with E-state index in [-0.39, 0.29) is 11.5 Å². The Bertz CT molecular complexity index is 1280. The van der Waals surface area contributed by atoms with E-state index < -0.39 is 0 Å². The number of nitrogens with zero attached hydrogens (tertiary/aromatic N) is 4. The number of alkyl halides is 1. The smallest absolute Gasteiger partial charge is 0.258 e. The van der Waals surface area contributed by atoms with Crippen molar-refractivity contribution in [3.63, 3.8) is 0 Å². The summed E-state index contributed by atoms with van der Waals surface area (Å²) in [4.78, 5) is 35.4. The predicted molar refractivity (Wildman–Crippen MR) is 142 cm³/mol. The second-order valence-corrected chi connectivity index (χ2v) is 10.0. The maximum Gasteiger partial charge on any atom is 0.258 e. The molecule has 0 radical (unpaired) electrons. The molecule has 1 fully saturated rings. The summed E-state index contributed by atoms with van der Waals surface area (Å²) in [6.07, 6.45) is 6.69. The van der Waals surface area contributed by atoms with Crippen LogP contribution in [0, 0.1) is 0 Å². The zero-order valence-corrected chi connectivity index (χ0v) is 21.2. The molecule has 33 heavy (non-hydrogen) atoms. The fourth-order valence-electron chi connectivity index (χ4n) is 3.74. The van der Waals surface area contributed by atoms with E-state index in [1.165, 1.54) is 19.2 Å². The first-order valence-corrected chi connectivity index (χ1v) is 12.2. The summed E-state index contributed by atoms with van der Waals surface area (Å²) in [5.41, 5.74) is 1.80. The molecule has 0 spiro atoms. The monoisotopic (exact) mass is 578 g/mol. The number of hydrogen-bond acceptors (Lipinski definition) is 6. The first-order valence-electron chi connectivity index (χ1n) is 10.6. The fraction of sp³-hybridized carbons (Fsp3) is 0.304. The Kier molecular flexibility index (Phi) is 7.18. The number of amides is 1. The minimum atomic E-state index is -0.274. The highest BCUT2D eigenvalue weighted by Gasteiger charge is 2.20. The van der Waals surface area contributed by atoms with Crippen LogP contribution in [0.5, 0.6) is 0 Å². The highest BCUT2D eigenvalue weighted by atomic mass is 127. The predicted octanol–water partition coefficient (Wildman–Crippen LogP) is 3.89. The molecule has 3 aromatic rings. The summed E-state index contributed by atoms with van der Waals surface area (Å²) in [5, 5.41) is 7.06. The number of anilines is 3. The molecule has 0 bridgehead atoms. The van der Waals surface area contributed by atoms with Gasteiger partial charge in [-0.1, -0.05) is 34.2 Å². The summed E-state index contributed by atoms with van der Waals surface area (Å²) in [6.45, 7) is 1.84. The van der Waals surface area contributed by atoms with E-state index in [1.54, 1.807) is 23.9 Å². The molecule has 4 rings (SSSR count). The van der Waals surface area contributed by atoms with Crippen LogP contribution < -0.4 is 21.1 Å². The van der Waals surface area contributed by atoms with Crippen molar-refractivity contribution in [2.24, 2.45) is 7.05 Å². The van der Waals surface area contributed by atoms with E-state index in [0.29, 0.717) is 26.3 Å². The van der Waals surface area contributed by atoms with Crippen LogP contribution in [0.15, 0.2) is 41.3 Å². The minimum Gasteiger partial charge on any atom is -0.356 e. The number of rotatable bonds is 5. The number of likely N-dealkylation sites (N-methyl/N-ethyl adjacent to an activating group) is 1. The average molecular weight is 579 g/mol. The van der Waals surface area contributed by atoms with Gasteiger partial charge in [-0.25, -0.2) is 4.98 Å². The van der Waals surface area contributed by atoms with Gasteiger partial charge in [0, 0.05) is 53.8 Å². The molecular formula is C23H24ClIN6O2. The molecule has 0 aliphatic carbocycles. The van der Waals surface area contributed by atoms with Crippen LogP contribution in [0.2, 0.25) is 5.02 Å². The van der Waals surface area contributed by atoms with Crippen molar-refractivity contribution >= 4 is 74.5 Å². The van der Waals surface area contributed by atoms with Gasteiger partial charge >= 0.3 is 0 Å².